The number of carbonyl (C=O) groups is 2. The lowest BCUT2D eigenvalue weighted by atomic mass is 10.1. The molecule has 1 saturated carbocycles. The molecule has 68 valence electrons. The molecule has 0 bridgehead atoms. The SMILES string of the molecule is O=C1C=C(CCC2CC2)N=NC1=O. The van der Waals surface area contributed by atoms with Gasteiger partial charge in [0.2, 0.25) is 5.78 Å². The molecule has 4 heteroatoms. The summed E-state index contributed by atoms with van der Waals surface area (Å²) in [6.45, 7) is 0. The van der Waals surface area contributed by atoms with Crippen LogP contribution in [0.15, 0.2) is 22.0 Å². The molecule has 4 nitrogen and oxygen atoms in total. The maximum absolute atomic E-state index is 10.9. The van der Waals surface area contributed by atoms with Crippen molar-refractivity contribution < 1.29 is 9.59 Å². The minimum atomic E-state index is -0.754. The van der Waals surface area contributed by atoms with Crippen molar-refractivity contribution in [2.75, 3.05) is 0 Å². The standard InChI is InChI=1S/C9H10N2O2/c12-8-5-7(10-11-9(8)13)4-3-6-1-2-6/h5-6H,1-4H2. The number of azo groups is 1. The molecule has 1 aliphatic carbocycles. The number of amides is 1. The Morgan fingerprint density at radius 2 is 2.08 bits per heavy atom. The van der Waals surface area contributed by atoms with E-state index in [0.29, 0.717) is 5.70 Å². The minimum absolute atomic E-state index is 0.541. The predicted molar refractivity (Wildman–Crippen MR) is 44.9 cm³/mol. The normalized spacial score (nSPS) is 22.0. The third-order valence-electron chi connectivity index (χ3n) is 2.28. The number of hydrogen-bond donors (Lipinski definition) is 0. The highest BCUT2D eigenvalue weighted by Crippen LogP contribution is 2.34. The van der Waals surface area contributed by atoms with Gasteiger partial charge in [0, 0.05) is 6.08 Å². The first-order valence-corrected chi connectivity index (χ1v) is 4.46. The molecular weight excluding hydrogens is 168 g/mol. The summed E-state index contributed by atoms with van der Waals surface area (Å²) in [5, 5.41) is 6.94. The lowest BCUT2D eigenvalue weighted by molar-refractivity contribution is -0.133. The average molecular weight is 178 g/mol. The fourth-order valence-electron chi connectivity index (χ4n) is 1.28. The highest BCUT2D eigenvalue weighted by Gasteiger charge is 2.22. The Labute approximate surface area is 75.7 Å². The second kappa shape index (κ2) is 3.20. The van der Waals surface area contributed by atoms with Crippen LogP contribution in [0.4, 0.5) is 0 Å². The lowest BCUT2D eigenvalue weighted by Crippen LogP contribution is -2.11. The smallest absolute Gasteiger partial charge is 0.284 e. The van der Waals surface area contributed by atoms with Crippen LogP contribution in [-0.4, -0.2) is 11.7 Å². The molecule has 0 unspecified atom stereocenters. The Hall–Kier alpha value is -1.32. The molecule has 0 aromatic carbocycles. The molecule has 0 saturated heterocycles. The quantitative estimate of drug-likeness (QED) is 0.616. The summed E-state index contributed by atoms with van der Waals surface area (Å²) in [4.78, 5) is 21.5. The largest absolute Gasteiger partial charge is 0.335 e. The summed E-state index contributed by atoms with van der Waals surface area (Å²) in [6, 6.07) is 0. The molecule has 0 aromatic rings. The van der Waals surface area contributed by atoms with E-state index in [1.165, 1.54) is 18.9 Å². The van der Waals surface area contributed by atoms with Crippen molar-refractivity contribution in [1.29, 1.82) is 0 Å². The van der Waals surface area contributed by atoms with Crippen molar-refractivity contribution in [1.82, 2.24) is 0 Å². The zero-order valence-electron chi connectivity index (χ0n) is 7.19. The van der Waals surface area contributed by atoms with Crippen LogP contribution in [-0.2, 0) is 9.59 Å². The van der Waals surface area contributed by atoms with Crippen molar-refractivity contribution in [2.24, 2.45) is 16.1 Å². The number of nitrogens with zero attached hydrogens (tertiary/aromatic N) is 2. The first-order valence-electron chi connectivity index (χ1n) is 4.46. The molecule has 1 amide bonds. The molecule has 0 N–H and O–H groups in total. The number of ketones is 1. The van der Waals surface area contributed by atoms with E-state index < -0.39 is 11.7 Å². The van der Waals surface area contributed by atoms with Crippen LogP contribution in [0.25, 0.3) is 0 Å². The van der Waals surface area contributed by atoms with Gasteiger partial charge in [0.25, 0.3) is 0 Å². The second-order valence-corrected chi connectivity index (χ2v) is 3.49. The fourth-order valence-corrected chi connectivity index (χ4v) is 1.28. The van der Waals surface area contributed by atoms with E-state index in [2.05, 4.69) is 10.2 Å². The Kier molecular flexibility index (Phi) is 2.04. The van der Waals surface area contributed by atoms with Gasteiger partial charge >= 0.3 is 5.91 Å². The van der Waals surface area contributed by atoms with Crippen LogP contribution in [0.1, 0.15) is 25.7 Å². The number of rotatable bonds is 3. The van der Waals surface area contributed by atoms with Crippen molar-refractivity contribution in [3.05, 3.63) is 11.8 Å². The third kappa shape index (κ3) is 2.08. The third-order valence-corrected chi connectivity index (χ3v) is 2.28. The van der Waals surface area contributed by atoms with Crippen LogP contribution in [0.2, 0.25) is 0 Å². The van der Waals surface area contributed by atoms with Crippen LogP contribution in [0, 0.1) is 5.92 Å². The number of carbonyl (C=O) groups excluding carboxylic acids is 2. The molecule has 0 atom stereocenters. The molecule has 2 rings (SSSR count). The molecule has 0 spiro atoms. The summed E-state index contributed by atoms with van der Waals surface area (Å²) < 4.78 is 0. The van der Waals surface area contributed by atoms with Gasteiger partial charge in [-0.25, -0.2) is 0 Å². The maximum atomic E-state index is 10.9. The van der Waals surface area contributed by atoms with Gasteiger partial charge in [-0.3, -0.25) is 9.59 Å². The van der Waals surface area contributed by atoms with Gasteiger partial charge in [-0.1, -0.05) is 12.8 Å². The van der Waals surface area contributed by atoms with E-state index in [4.69, 9.17) is 0 Å². The van der Waals surface area contributed by atoms with E-state index >= 15 is 0 Å². The zero-order chi connectivity index (χ0) is 9.26. The molecule has 2 aliphatic rings. The Bertz CT molecular complexity index is 314. The van der Waals surface area contributed by atoms with Gasteiger partial charge in [0.05, 0.1) is 5.70 Å². The summed E-state index contributed by atoms with van der Waals surface area (Å²) >= 11 is 0. The van der Waals surface area contributed by atoms with Gasteiger partial charge in [-0.2, -0.15) is 5.11 Å². The monoisotopic (exact) mass is 178 g/mol. The van der Waals surface area contributed by atoms with Gasteiger partial charge in [-0.05, 0) is 18.8 Å². The van der Waals surface area contributed by atoms with Gasteiger partial charge < -0.3 is 0 Å². The second-order valence-electron chi connectivity index (χ2n) is 3.49. The van der Waals surface area contributed by atoms with E-state index in [1.54, 1.807) is 0 Å². The number of allylic oxidation sites excluding steroid dienone is 1. The number of hydrogen-bond acceptors (Lipinski definition) is 3. The molecule has 1 heterocycles. The Morgan fingerprint density at radius 1 is 1.31 bits per heavy atom. The molecular formula is C9H10N2O2. The van der Waals surface area contributed by atoms with Crippen LogP contribution in [0.5, 0.6) is 0 Å². The minimum Gasteiger partial charge on any atom is -0.284 e. The average Bonchev–Trinajstić information content (AvgIpc) is 2.91. The topological polar surface area (TPSA) is 58.9 Å². The van der Waals surface area contributed by atoms with Gasteiger partial charge in [0.15, 0.2) is 0 Å². The van der Waals surface area contributed by atoms with Crippen LogP contribution in [0.3, 0.4) is 0 Å². The molecule has 0 aromatic heterocycles. The highest BCUT2D eigenvalue weighted by molar-refractivity contribution is 6.41. The molecule has 0 radical (unpaired) electrons. The van der Waals surface area contributed by atoms with E-state index in [9.17, 15) is 9.59 Å². The maximum Gasteiger partial charge on any atom is 0.335 e. The predicted octanol–water partition coefficient (Wildman–Crippen LogP) is 1.62. The van der Waals surface area contributed by atoms with Crippen molar-refractivity contribution >= 4 is 11.7 Å². The first kappa shape index (κ1) is 8.29. The van der Waals surface area contributed by atoms with E-state index in [0.717, 1.165) is 18.8 Å². The summed E-state index contributed by atoms with van der Waals surface area (Å²) in [5.41, 5.74) is 0.650. The highest BCUT2D eigenvalue weighted by atomic mass is 16.2. The molecule has 13 heavy (non-hydrogen) atoms. The Morgan fingerprint density at radius 3 is 2.69 bits per heavy atom. The summed E-state index contributed by atoms with van der Waals surface area (Å²) in [5.74, 6) is -0.486. The molecule has 1 aliphatic heterocycles. The van der Waals surface area contributed by atoms with E-state index in [1.807, 2.05) is 0 Å². The fraction of sp³-hybridized carbons (Fsp3) is 0.556. The Balaban J connectivity index is 1.91. The van der Waals surface area contributed by atoms with Gasteiger partial charge in [0.1, 0.15) is 0 Å². The van der Waals surface area contributed by atoms with E-state index in [-0.39, 0.29) is 0 Å². The van der Waals surface area contributed by atoms with Crippen molar-refractivity contribution in [3.8, 4) is 0 Å². The molecule has 1 fully saturated rings. The van der Waals surface area contributed by atoms with Crippen LogP contribution < -0.4 is 0 Å². The summed E-state index contributed by atoms with van der Waals surface area (Å²) in [7, 11) is 0. The van der Waals surface area contributed by atoms with Crippen molar-refractivity contribution in [3.63, 3.8) is 0 Å². The lowest BCUT2D eigenvalue weighted by Gasteiger charge is -2.01. The van der Waals surface area contributed by atoms with Crippen LogP contribution >= 0.6 is 0 Å². The zero-order valence-corrected chi connectivity index (χ0v) is 7.19. The van der Waals surface area contributed by atoms with Crippen molar-refractivity contribution in [2.45, 2.75) is 25.7 Å². The summed E-state index contributed by atoms with van der Waals surface area (Å²) in [6.07, 6.45) is 5.71. The first-order chi connectivity index (χ1) is 6.25. The van der Waals surface area contributed by atoms with Gasteiger partial charge in [-0.15, -0.1) is 5.11 Å².